The molecule has 6 heteroatoms. The molecule has 0 aliphatic rings. The average molecular weight is 348 g/mol. The van der Waals surface area contributed by atoms with Crippen molar-refractivity contribution in [2.24, 2.45) is 0 Å². The first-order valence-corrected chi connectivity index (χ1v) is 8.34. The number of benzene rings is 2. The number of carbonyl (C=O) groups excluding carboxylic acids is 1. The molecule has 0 atom stereocenters. The van der Waals surface area contributed by atoms with E-state index in [4.69, 9.17) is 4.74 Å². The molecule has 2 aromatic carbocycles. The van der Waals surface area contributed by atoms with Crippen LogP contribution in [0, 0.1) is 6.92 Å². The van der Waals surface area contributed by atoms with Crippen LogP contribution in [-0.2, 0) is 0 Å². The summed E-state index contributed by atoms with van der Waals surface area (Å²) in [5.41, 5.74) is 3.74. The molecule has 2 N–H and O–H groups in total. The van der Waals surface area contributed by atoms with Gasteiger partial charge in [-0.1, -0.05) is 48.0 Å². The first-order valence-electron chi connectivity index (χ1n) is 8.34. The Labute approximate surface area is 152 Å². The molecule has 0 saturated carbocycles. The fourth-order valence-corrected chi connectivity index (χ4v) is 2.29. The Balaban J connectivity index is 1.42. The van der Waals surface area contributed by atoms with E-state index in [-0.39, 0.29) is 6.03 Å². The van der Waals surface area contributed by atoms with E-state index in [2.05, 4.69) is 20.8 Å². The maximum absolute atomic E-state index is 11.7. The standard InChI is InChI=1S/C20H20N4O2/c1-15-7-9-16(10-8-15)18-11-12-19(24-23-18)26-14-13-21-20(25)22-17-5-3-2-4-6-17/h2-12H,13-14H2,1H3,(H2,21,22,25). The monoisotopic (exact) mass is 348 g/mol. The molecular formula is C20H20N4O2. The van der Waals surface area contributed by atoms with Crippen LogP contribution in [0.2, 0.25) is 0 Å². The highest BCUT2D eigenvalue weighted by Gasteiger charge is 2.03. The number of aromatic nitrogens is 2. The lowest BCUT2D eigenvalue weighted by Gasteiger charge is -2.08. The number of ether oxygens (including phenoxy) is 1. The Bertz CT molecular complexity index is 834. The summed E-state index contributed by atoms with van der Waals surface area (Å²) in [6, 6.07) is 20.7. The minimum Gasteiger partial charge on any atom is -0.475 e. The zero-order valence-electron chi connectivity index (χ0n) is 14.5. The van der Waals surface area contributed by atoms with E-state index in [0.717, 1.165) is 16.9 Å². The first kappa shape index (κ1) is 17.4. The molecule has 3 rings (SSSR count). The van der Waals surface area contributed by atoms with Crippen LogP contribution in [-0.4, -0.2) is 29.4 Å². The Morgan fingerprint density at radius 2 is 1.73 bits per heavy atom. The molecule has 26 heavy (non-hydrogen) atoms. The van der Waals surface area contributed by atoms with Crippen molar-refractivity contribution in [3.8, 4) is 17.1 Å². The number of hydrogen-bond acceptors (Lipinski definition) is 4. The van der Waals surface area contributed by atoms with Gasteiger partial charge in [-0.3, -0.25) is 0 Å². The number of aryl methyl sites for hydroxylation is 1. The minimum atomic E-state index is -0.277. The number of para-hydroxylation sites is 1. The van der Waals surface area contributed by atoms with Crippen LogP contribution in [0.15, 0.2) is 66.7 Å². The van der Waals surface area contributed by atoms with E-state index >= 15 is 0 Å². The van der Waals surface area contributed by atoms with Crippen LogP contribution < -0.4 is 15.4 Å². The lowest BCUT2D eigenvalue weighted by atomic mass is 10.1. The molecule has 132 valence electrons. The molecule has 0 spiro atoms. The van der Waals surface area contributed by atoms with Crippen LogP contribution in [0.5, 0.6) is 5.88 Å². The van der Waals surface area contributed by atoms with Crippen molar-refractivity contribution < 1.29 is 9.53 Å². The molecule has 1 aromatic heterocycles. The normalized spacial score (nSPS) is 10.2. The fraction of sp³-hybridized carbons (Fsp3) is 0.150. The molecule has 0 unspecified atom stereocenters. The highest BCUT2D eigenvalue weighted by molar-refractivity contribution is 5.89. The summed E-state index contributed by atoms with van der Waals surface area (Å²) in [5, 5.41) is 13.7. The van der Waals surface area contributed by atoms with Crippen LogP contribution in [0.3, 0.4) is 0 Å². The second kappa shape index (κ2) is 8.62. The number of nitrogens with one attached hydrogen (secondary N) is 2. The van der Waals surface area contributed by atoms with Gasteiger partial charge in [0.2, 0.25) is 5.88 Å². The van der Waals surface area contributed by atoms with Gasteiger partial charge in [0, 0.05) is 17.3 Å². The van der Waals surface area contributed by atoms with Crippen molar-refractivity contribution >= 4 is 11.7 Å². The van der Waals surface area contributed by atoms with Crippen molar-refractivity contribution in [3.63, 3.8) is 0 Å². The van der Waals surface area contributed by atoms with E-state index in [1.165, 1.54) is 5.56 Å². The highest BCUT2D eigenvalue weighted by atomic mass is 16.5. The molecule has 2 amide bonds. The molecule has 3 aromatic rings. The SMILES string of the molecule is Cc1ccc(-c2ccc(OCCNC(=O)Nc3ccccc3)nn2)cc1. The molecule has 0 saturated heterocycles. The maximum Gasteiger partial charge on any atom is 0.319 e. The maximum atomic E-state index is 11.7. The van der Waals surface area contributed by atoms with Gasteiger partial charge in [-0.2, -0.15) is 0 Å². The van der Waals surface area contributed by atoms with Gasteiger partial charge in [-0.05, 0) is 25.1 Å². The summed E-state index contributed by atoms with van der Waals surface area (Å²) in [4.78, 5) is 11.7. The smallest absolute Gasteiger partial charge is 0.319 e. The second-order valence-electron chi connectivity index (χ2n) is 5.72. The summed E-state index contributed by atoms with van der Waals surface area (Å²) < 4.78 is 5.50. The van der Waals surface area contributed by atoms with E-state index < -0.39 is 0 Å². The largest absolute Gasteiger partial charge is 0.475 e. The molecule has 6 nitrogen and oxygen atoms in total. The van der Waals surface area contributed by atoms with Gasteiger partial charge in [0.05, 0.1) is 12.2 Å². The van der Waals surface area contributed by atoms with Crippen LogP contribution in [0.25, 0.3) is 11.3 Å². The Morgan fingerprint density at radius 3 is 2.42 bits per heavy atom. The summed E-state index contributed by atoms with van der Waals surface area (Å²) in [5.74, 6) is 0.422. The van der Waals surface area contributed by atoms with Crippen molar-refractivity contribution in [2.45, 2.75) is 6.92 Å². The first-order chi connectivity index (χ1) is 12.7. The lowest BCUT2D eigenvalue weighted by molar-refractivity contribution is 0.246. The van der Waals surface area contributed by atoms with Gasteiger partial charge < -0.3 is 15.4 Å². The van der Waals surface area contributed by atoms with Crippen LogP contribution in [0.4, 0.5) is 10.5 Å². The Hall–Kier alpha value is -3.41. The third-order valence-electron chi connectivity index (χ3n) is 3.66. The Kier molecular flexibility index (Phi) is 5.77. The fourth-order valence-electron chi connectivity index (χ4n) is 2.29. The van der Waals surface area contributed by atoms with E-state index in [1.54, 1.807) is 6.07 Å². The summed E-state index contributed by atoms with van der Waals surface area (Å²) in [6.07, 6.45) is 0. The zero-order valence-corrected chi connectivity index (χ0v) is 14.5. The zero-order chi connectivity index (χ0) is 18.2. The lowest BCUT2D eigenvalue weighted by Crippen LogP contribution is -2.32. The average Bonchev–Trinajstić information content (AvgIpc) is 2.67. The highest BCUT2D eigenvalue weighted by Crippen LogP contribution is 2.18. The molecule has 0 aliphatic heterocycles. The van der Waals surface area contributed by atoms with E-state index in [0.29, 0.717) is 19.0 Å². The Morgan fingerprint density at radius 1 is 0.962 bits per heavy atom. The van der Waals surface area contributed by atoms with Gasteiger partial charge >= 0.3 is 6.03 Å². The van der Waals surface area contributed by atoms with Crippen molar-refractivity contribution in [3.05, 3.63) is 72.3 Å². The van der Waals surface area contributed by atoms with Crippen molar-refractivity contribution in [2.75, 3.05) is 18.5 Å². The number of amides is 2. The van der Waals surface area contributed by atoms with Gasteiger partial charge in [0.25, 0.3) is 0 Å². The minimum absolute atomic E-state index is 0.277. The van der Waals surface area contributed by atoms with Gasteiger partial charge in [-0.15, -0.1) is 10.2 Å². The molecular weight excluding hydrogens is 328 g/mol. The predicted octanol–water partition coefficient (Wildman–Crippen LogP) is 3.65. The number of nitrogens with zero attached hydrogens (tertiary/aromatic N) is 2. The summed E-state index contributed by atoms with van der Waals surface area (Å²) >= 11 is 0. The van der Waals surface area contributed by atoms with Crippen molar-refractivity contribution in [1.82, 2.24) is 15.5 Å². The topological polar surface area (TPSA) is 76.1 Å². The van der Waals surface area contributed by atoms with Crippen LogP contribution >= 0.6 is 0 Å². The third-order valence-corrected chi connectivity index (χ3v) is 3.66. The van der Waals surface area contributed by atoms with Gasteiger partial charge in [0.1, 0.15) is 6.61 Å². The van der Waals surface area contributed by atoms with Crippen molar-refractivity contribution in [1.29, 1.82) is 0 Å². The predicted molar refractivity (Wildman–Crippen MR) is 101 cm³/mol. The number of urea groups is 1. The van der Waals surface area contributed by atoms with E-state index in [9.17, 15) is 4.79 Å². The summed E-state index contributed by atoms with van der Waals surface area (Å²) in [7, 11) is 0. The van der Waals surface area contributed by atoms with E-state index in [1.807, 2.05) is 67.6 Å². The van der Waals surface area contributed by atoms with Gasteiger partial charge in [0.15, 0.2) is 0 Å². The number of carbonyl (C=O) groups is 1. The number of rotatable bonds is 6. The molecule has 0 radical (unpaired) electrons. The number of anilines is 1. The molecule has 0 fully saturated rings. The third kappa shape index (κ3) is 5.04. The summed E-state index contributed by atoms with van der Waals surface area (Å²) in [6.45, 7) is 2.71. The van der Waals surface area contributed by atoms with Gasteiger partial charge in [-0.25, -0.2) is 4.79 Å². The second-order valence-corrected chi connectivity index (χ2v) is 5.72. The molecule has 1 heterocycles. The molecule has 0 aliphatic carbocycles. The number of hydrogen-bond donors (Lipinski definition) is 2. The molecule has 0 bridgehead atoms. The van der Waals surface area contributed by atoms with Crippen LogP contribution in [0.1, 0.15) is 5.56 Å². The quantitative estimate of drug-likeness (QED) is 0.667.